The van der Waals surface area contributed by atoms with E-state index in [0.29, 0.717) is 19.3 Å². The second kappa shape index (κ2) is 48.0. The first-order valence-electron chi connectivity index (χ1n) is 24.2. The Labute approximate surface area is 368 Å². The number of allylic oxidation sites excluding steroid dienone is 16. The van der Waals surface area contributed by atoms with E-state index in [2.05, 4.69) is 118 Å². The molecule has 0 amide bonds. The van der Waals surface area contributed by atoms with E-state index < -0.39 is 6.10 Å². The second-order valence-corrected chi connectivity index (χ2v) is 15.6. The lowest BCUT2D eigenvalue weighted by Crippen LogP contribution is -2.30. The number of hydrogen-bond donors (Lipinski definition) is 0. The Bertz CT molecular complexity index is 1230. The van der Waals surface area contributed by atoms with Crippen LogP contribution in [0.1, 0.15) is 207 Å². The molecule has 0 aliphatic carbocycles. The van der Waals surface area contributed by atoms with Gasteiger partial charge in [0.15, 0.2) is 6.10 Å². The lowest BCUT2D eigenvalue weighted by molar-refractivity contribution is -0.167. The molecule has 0 aliphatic rings. The van der Waals surface area contributed by atoms with Crippen LogP contribution in [0.3, 0.4) is 0 Å². The van der Waals surface area contributed by atoms with Crippen molar-refractivity contribution in [1.29, 1.82) is 0 Å². The van der Waals surface area contributed by atoms with Crippen LogP contribution in [-0.2, 0) is 28.6 Å². The Morgan fingerprint density at radius 3 is 0.967 bits per heavy atom. The first-order chi connectivity index (χ1) is 29.5. The van der Waals surface area contributed by atoms with Crippen molar-refractivity contribution in [1.82, 2.24) is 0 Å². The summed E-state index contributed by atoms with van der Waals surface area (Å²) in [4.78, 5) is 37.8. The monoisotopic (exact) mass is 833 g/mol. The number of carbonyl (C=O) groups is 3. The molecule has 6 nitrogen and oxygen atoms in total. The average Bonchev–Trinajstić information content (AvgIpc) is 3.24. The van der Waals surface area contributed by atoms with Crippen LogP contribution >= 0.6 is 0 Å². The van der Waals surface area contributed by atoms with Crippen molar-refractivity contribution < 1.29 is 28.6 Å². The quantitative estimate of drug-likeness (QED) is 0.0264. The highest BCUT2D eigenvalue weighted by molar-refractivity contribution is 5.71. The van der Waals surface area contributed by atoms with E-state index in [-0.39, 0.29) is 31.1 Å². The van der Waals surface area contributed by atoms with Crippen LogP contribution in [0.5, 0.6) is 0 Å². The molecule has 0 spiro atoms. The molecule has 0 bridgehead atoms. The van der Waals surface area contributed by atoms with Gasteiger partial charge in [0.1, 0.15) is 13.2 Å². The molecule has 0 saturated heterocycles. The maximum Gasteiger partial charge on any atom is 0.306 e. The number of esters is 3. The van der Waals surface area contributed by atoms with E-state index in [1.807, 2.05) is 0 Å². The van der Waals surface area contributed by atoms with Gasteiger partial charge in [0.25, 0.3) is 0 Å². The standard InChI is InChI=1S/C54H88O6/c1-4-7-10-13-16-19-21-23-25-26-27-28-29-31-32-35-38-41-44-47-53(56)59-50-51(49-58-52(55)46-43-40-37-34-18-15-12-9-6-3)60-54(57)48-45-42-39-36-33-30-24-22-20-17-14-11-8-5-2/h7-12,16-20,23-25,30,34,51H,4-6,13-15,21-22,26-29,31-33,35-50H2,1-3H3/b10-7-,11-8-,12-9-,19-16-,20-17-,25-23-,30-24-,34-18-. The van der Waals surface area contributed by atoms with Crippen molar-refractivity contribution in [3.63, 3.8) is 0 Å². The van der Waals surface area contributed by atoms with Crippen molar-refractivity contribution in [3.8, 4) is 0 Å². The van der Waals surface area contributed by atoms with Gasteiger partial charge >= 0.3 is 17.9 Å². The van der Waals surface area contributed by atoms with E-state index in [4.69, 9.17) is 14.2 Å². The molecule has 0 fully saturated rings. The minimum absolute atomic E-state index is 0.101. The summed E-state index contributed by atoms with van der Waals surface area (Å²) in [6.45, 7) is 6.22. The highest BCUT2D eigenvalue weighted by atomic mass is 16.6. The molecule has 0 rings (SSSR count). The molecule has 6 heteroatoms. The lowest BCUT2D eigenvalue weighted by atomic mass is 10.1. The van der Waals surface area contributed by atoms with E-state index in [0.717, 1.165) is 122 Å². The molecule has 0 radical (unpaired) electrons. The van der Waals surface area contributed by atoms with Crippen molar-refractivity contribution in [3.05, 3.63) is 97.2 Å². The molecule has 0 aromatic heterocycles. The second-order valence-electron chi connectivity index (χ2n) is 15.6. The summed E-state index contributed by atoms with van der Waals surface area (Å²) in [5.41, 5.74) is 0. The number of rotatable bonds is 42. The Hall–Kier alpha value is -3.67. The molecule has 0 saturated carbocycles. The minimum atomic E-state index is -0.803. The topological polar surface area (TPSA) is 78.9 Å². The van der Waals surface area contributed by atoms with E-state index in [1.165, 1.54) is 44.9 Å². The molecular weight excluding hydrogens is 745 g/mol. The summed E-state index contributed by atoms with van der Waals surface area (Å²) in [6, 6.07) is 0. The van der Waals surface area contributed by atoms with E-state index >= 15 is 0 Å². The van der Waals surface area contributed by atoms with Crippen LogP contribution in [0.25, 0.3) is 0 Å². The molecule has 0 N–H and O–H groups in total. The van der Waals surface area contributed by atoms with Gasteiger partial charge < -0.3 is 14.2 Å². The van der Waals surface area contributed by atoms with Gasteiger partial charge in [-0.15, -0.1) is 0 Å². The zero-order chi connectivity index (χ0) is 43.7. The van der Waals surface area contributed by atoms with Crippen LogP contribution < -0.4 is 0 Å². The van der Waals surface area contributed by atoms with Crippen LogP contribution in [0.15, 0.2) is 97.2 Å². The average molecular weight is 833 g/mol. The van der Waals surface area contributed by atoms with Crippen molar-refractivity contribution >= 4 is 17.9 Å². The number of unbranched alkanes of at least 4 members (excludes halogenated alkanes) is 15. The fourth-order valence-electron chi connectivity index (χ4n) is 6.27. The molecule has 1 unspecified atom stereocenters. The SMILES string of the molecule is CC/C=C\C/C=C\C/C=C\CCCCCCCCCCCC(=O)OCC(COC(=O)CCCC/C=C\C/C=C\CC)OC(=O)CCCCCC/C=C\C/C=C\C/C=C\CC. The van der Waals surface area contributed by atoms with Crippen molar-refractivity contribution in [2.45, 2.75) is 213 Å². The van der Waals surface area contributed by atoms with Crippen LogP contribution in [0, 0.1) is 0 Å². The van der Waals surface area contributed by atoms with E-state index in [9.17, 15) is 14.4 Å². The molecule has 0 heterocycles. The molecule has 0 aromatic carbocycles. The molecule has 0 aromatic rings. The lowest BCUT2D eigenvalue weighted by Gasteiger charge is -2.18. The van der Waals surface area contributed by atoms with Gasteiger partial charge in [0.2, 0.25) is 0 Å². The first-order valence-corrected chi connectivity index (χ1v) is 24.2. The van der Waals surface area contributed by atoms with Gasteiger partial charge in [0, 0.05) is 19.3 Å². The van der Waals surface area contributed by atoms with Crippen LogP contribution in [0.2, 0.25) is 0 Å². The third kappa shape index (κ3) is 45.4. The Morgan fingerprint density at radius 1 is 0.333 bits per heavy atom. The summed E-state index contributed by atoms with van der Waals surface area (Å²) in [5.74, 6) is -0.975. The van der Waals surface area contributed by atoms with Crippen LogP contribution in [0.4, 0.5) is 0 Å². The van der Waals surface area contributed by atoms with Gasteiger partial charge in [0.05, 0.1) is 0 Å². The Balaban J connectivity index is 4.38. The third-order valence-electron chi connectivity index (χ3n) is 9.81. The van der Waals surface area contributed by atoms with Gasteiger partial charge in [-0.1, -0.05) is 176 Å². The van der Waals surface area contributed by atoms with Gasteiger partial charge in [-0.3, -0.25) is 14.4 Å². The van der Waals surface area contributed by atoms with Crippen LogP contribution in [-0.4, -0.2) is 37.2 Å². The predicted molar refractivity (Wildman–Crippen MR) is 256 cm³/mol. The smallest absolute Gasteiger partial charge is 0.306 e. The third-order valence-corrected chi connectivity index (χ3v) is 9.81. The highest BCUT2D eigenvalue weighted by Crippen LogP contribution is 2.13. The summed E-state index contributed by atoms with van der Waals surface area (Å²) in [7, 11) is 0. The number of hydrogen-bond acceptors (Lipinski definition) is 6. The molecule has 1 atom stereocenters. The molecule has 60 heavy (non-hydrogen) atoms. The predicted octanol–water partition coefficient (Wildman–Crippen LogP) is 15.8. The Morgan fingerprint density at radius 2 is 0.600 bits per heavy atom. The summed E-state index contributed by atoms with van der Waals surface area (Å²) in [6.07, 6.45) is 62.6. The maximum absolute atomic E-state index is 12.7. The normalized spacial score (nSPS) is 12.9. The summed E-state index contributed by atoms with van der Waals surface area (Å²) in [5, 5.41) is 0. The molecule has 0 aliphatic heterocycles. The van der Waals surface area contributed by atoms with E-state index in [1.54, 1.807) is 0 Å². The fourth-order valence-corrected chi connectivity index (χ4v) is 6.27. The maximum atomic E-state index is 12.7. The van der Waals surface area contributed by atoms with Gasteiger partial charge in [-0.05, 0) is 109 Å². The number of carbonyl (C=O) groups excluding carboxylic acids is 3. The fraction of sp³-hybridized carbons (Fsp3) is 0.648. The summed E-state index contributed by atoms with van der Waals surface area (Å²) >= 11 is 0. The molecular formula is C54H88O6. The highest BCUT2D eigenvalue weighted by Gasteiger charge is 2.19. The zero-order valence-corrected chi connectivity index (χ0v) is 38.7. The largest absolute Gasteiger partial charge is 0.462 e. The van der Waals surface area contributed by atoms with Crippen molar-refractivity contribution in [2.75, 3.05) is 13.2 Å². The van der Waals surface area contributed by atoms with Crippen molar-refractivity contribution in [2.24, 2.45) is 0 Å². The molecule has 340 valence electrons. The van der Waals surface area contributed by atoms with Gasteiger partial charge in [-0.25, -0.2) is 0 Å². The first kappa shape index (κ1) is 56.3. The Kier molecular flexibility index (Phi) is 45.1. The van der Waals surface area contributed by atoms with Gasteiger partial charge in [-0.2, -0.15) is 0 Å². The summed E-state index contributed by atoms with van der Waals surface area (Å²) < 4.78 is 16.7. The minimum Gasteiger partial charge on any atom is -0.462 e. The zero-order valence-electron chi connectivity index (χ0n) is 38.7. The number of ether oxygens (including phenoxy) is 3.